The molecule has 0 atom stereocenters. The first kappa shape index (κ1) is 17.9. The first-order chi connectivity index (χ1) is 13.2. The predicted octanol–water partition coefficient (Wildman–Crippen LogP) is 3.75. The Labute approximate surface area is 169 Å². The van der Waals surface area contributed by atoms with Gasteiger partial charge in [-0.05, 0) is 24.3 Å². The van der Waals surface area contributed by atoms with Gasteiger partial charge in [-0.3, -0.25) is 4.79 Å². The van der Waals surface area contributed by atoms with Crippen molar-refractivity contribution in [3.63, 3.8) is 0 Å². The Balaban J connectivity index is 1.43. The van der Waals surface area contributed by atoms with Crippen LogP contribution in [0, 0.1) is 11.3 Å². The molecule has 0 saturated carbocycles. The summed E-state index contributed by atoms with van der Waals surface area (Å²) in [7, 11) is 0. The fraction of sp³-hybridized carbons (Fsp3) is 0.222. The standard InChI is InChI=1S/C18H14ClN5OS2/c19-15-4-3-14(27-15)17-22-13(11-26-17)18(25)24-8-6-23(7-9-24)16-12(10-20)2-1-5-21-16/h1-5,11H,6-9H2. The molecule has 136 valence electrons. The zero-order valence-electron chi connectivity index (χ0n) is 14.1. The third-order valence-electron chi connectivity index (χ3n) is 4.28. The van der Waals surface area contributed by atoms with Crippen molar-refractivity contribution in [2.75, 3.05) is 31.1 Å². The Hall–Kier alpha value is -2.47. The van der Waals surface area contributed by atoms with Crippen molar-refractivity contribution in [3.8, 4) is 16.0 Å². The van der Waals surface area contributed by atoms with Crippen LogP contribution in [0.2, 0.25) is 4.34 Å². The normalized spacial score (nSPS) is 14.2. The summed E-state index contributed by atoms with van der Waals surface area (Å²) in [5, 5.41) is 11.8. The molecule has 27 heavy (non-hydrogen) atoms. The maximum atomic E-state index is 12.8. The van der Waals surface area contributed by atoms with E-state index in [4.69, 9.17) is 11.6 Å². The van der Waals surface area contributed by atoms with E-state index in [-0.39, 0.29) is 5.91 Å². The number of thiophene rings is 1. The molecule has 0 aromatic carbocycles. The Morgan fingerprint density at radius 3 is 2.74 bits per heavy atom. The molecule has 6 nitrogen and oxygen atoms in total. The molecule has 0 N–H and O–H groups in total. The van der Waals surface area contributed by atoms with Crippen molar-refractivity contribution in [2.45, 2.75) is 0 Å². The van der Waals surface area contributed by atoms with Gasteiger partial charge in [0.05, 0.1) is 14.8 Å². The number of hydrogen-bond donors (Lipinski definition) is 0. The summed E-state index contributed by atoms with van der Waals surface area (Å²) in [6.07, 6.45) is 1.68. The van der Waals surface area contributed by atoms with Crippen LogP contribution < -0.4 is 4.90 Å². The molecular formula is C18H14ClN5OS2. The van der Waals surface area contributed by atoms with Crippen molar-refractivity contribution < 1.29 is 4.79 Å². The second kappa shape index (κ2) is 7.64. The summed E-state index contributed by atoms with van der Waals surface area (Å²) in [5.74, 6) is 0.610. The van der Waals surface area contributed by atoms with Gasteiger partial charge < -0.3 is 9.80 Å². The SMILES string of the molecule is N#Cc1cccnc1N1CCN(C(=O)c2csc(-c3ccc(Cl)s3)n2)CC1. The van der Waals surface area contributed by atoms with E-state index < -0.39 is 0 Å². The smallest absolute Gasteiger partial charge is 0.273 e. The summed E-state index contributed by atoms with van der Waals surface area (Å²) >= 11 is 8.88. The van der Waals surface area contributed by atoms with Gasteiger partial charge in [-0.2, -0.15) is 5.26 Å². The number of amides is 1. The van der Waals surface area contributed by atoms with Gasteiger partial charge in [-0.25, -0.2) is 9.97 Å². The van der Waals surface area contributed by atoms with Gasteiger partial charge in [-0.1, -0.05) is 11.6 Å². The fourth-order valence-corrected chi connectivity index (χ4v) is 4.84. The van der Waals surface area contributed by atoms with Crippen LogP contribution in [0.15, 0.2) is 35.8 Å². The van der Waals surface area contributed by atoms with E-state index in [2.05, 4.69) is 16.0 Å². The average molecular weight is 416 g/mol. The van der Waals surface area contributed by atoms with E-state index in [1.54, 1.807) is 28.6 Å². The molecule has 1 amide bonds. The van der Waals surface area contributed by atoms with Gasteiger partial charge in [0, 0.05) is 37.8 Å². The molecule has 9 heteroatoms. The third-order valence-corrected chi connectivity index (χ3v) is 6.52. The van der Waals surface area contributed by atoms with E-state index in [9.17, 15) is 10.1 Å². The number of rotatable bonds is 3. The largest absolute Gasteiger partial charge is 0.352 e. The van der Waals surface area contributed by atoms with Crippen molar-refractivity contribution in [1.82, 2.24) is 14.9 Å². The maximum absolute atomic E-state index is 12.8. The van der Waals surface area contributed by atoms with Crippen molar-refractivity contribution >= 4 is 46.0 Å². The Morgan fingerprint density at radius 2 is 2.04 bits per heavy atom. The summed E-state index contributed by atoms with van der Waals surface area (Å²) < 4.78 is 0.704. The number of carbonyl (C=O) groups is 1. The Bertz CT molecular complexity index is 1020. The number of piperazine rings is 1. The molecule has 1 saturated heterocycles. The molecule has 1 aliphatic rings. The molecule has 0 unspecified atom stereocenters. The minimum Gasteiger partial charge on any atom is -0.352 e. The number of nitriles is 1. The highest BCUT2D eigenvalue weighted by Crippen LogP contribution is 2.33. The van der Waals surface area contributed by atoms with Crippen LogP contribution in [0.25, 0.3) is 9.88 Å². The number of pyridine rings is 1. The molecule has 4 heterocycles. The highest BCUT2D eigenvalue weighted by molar-refractivity contribution is 7.23. The summed E-state index contributed by atoms with van der Waals surface area (Å²) in [5.41, 5.74) is 1.01. The number of thiazole rings is 1. The molecule has 0 bridgehead atoms. The van der Waals surface area contributed by atoms with E-state index in [1.165, 1.54) is 22.7 Å². The van der Waals surface area contributed by atoms with E-state index in [0.717, 1.165) is 9.88 Å². The number of nitrogens with zero attached hydrogens (tertiary/aromatic N) is 5. The van der Waals surface area contributed by atoms with E-state index >= 15 is 0 Å². The zero-order valence-corrected chi connectivity index (χ0v) is 16.5. The Morgan fingerprint density at radius 1 is 1.22 bits per heavy atom. The van der Waals surface area contributed by atoms with Gasteiger partial charge in [0.15, 0.2) is 0 Å². The minimum atomic E-state index is -0.0682. The van der Waals surface area contributed by atoms with Crippen LogP contribution in [-0.2, 0) is 0 Å². The monoisotopic (exact) mass is 415 g/mol. The molecular weight excluding hydrogens is 402 g/mol. The first-order valence-corrected chi connectivity index (χ1v) is 10.3. The first-order valence-electron chi connectivity index (χ1n) is 8.26. The minimum absolute atomic E-state index is 0.0682. The summed E-state index contributed by atoms with van der Waals surface area (Å²) in [6.45, 7) is 2.40. The maximum Gasteiger partial charge on any atom is 0.273 e. The quantitative estimate of drug-likeness (QED) is 0.651. The van der Waals surface area contributed by atoms with Gasteiger partial charge in [0.2, 0.25) is 0 Å². The third kappa shape index (κ3) is 3.67. The van der Waals surface area contributed by atoms with Crippen molar-refractivity contribution in [3.05, 3.63) is 51.4 Å². The van der Waals surface area contributed by atoms with Crippen molar-refractivity contribution in [1.29, 1.82) is 5.26 Å². The molecule has 0 aliphatic carbocycles. The molecule has 3 aromatic heterocycles. The lowest BCUT2D eigenvalue weighted by Crippen LogP contribution is -2.49. The van der Waals surface area contributed by atoms with Crippen LogP contribution in [0.1, 0.15) is 16.1 Å². The van der Waals surface area contributed by atoms with Crippen molar-refractivity contribution in [2.24, 2.45) is 0 Å². The lowest BCUT2D eigenvalue weighted by atomic mass is 10.2. The van der Waals surface area contributed by atoms with Gasteiger partial charge in [0.25, 0.3) is 5.91 Å². The number of hydrogen-bond acceptors (Lipinski definition) is 7. The van der Waals surface area contributed by atoms with Crippen LogP contribution in [0.4, 0.5) is 5.82 Å². The second-order valence-corrected chi connectivity index (χ2v) is 8.48. The van der Waals surface area contributed by atoms with Gasteiger partial charge in [0.1, 0.15) is 22.6 Å². The Kier molecular flexibility index (Phi) is 5.07. The van der Waals surface area contributed by atoms with Gasteiger partial charge >= 0.3 is 0 Å². The lowest BCUT2D eigenvalue weighted by molar-refractivity contribution is 0.0741. The number of anilines is 1. The summed E-state index contributed by atoms with van der Waals surface area (Å²) in [6, 6.07) is 9.43. The lowest BCUT2D eigenvalue weighted by Gasteiger charge is -2.35. The van der Waals surface area contributed by atoms with E-state index in [1.807, 2.05) is 17.0 Å². The van der Waals surface area contributed by atoms with Crippen LogP contribution in [0.5, 0.6) is 0 Å². The van der Waals surface area contributed by atoms with Gasteiger partial charge in [-0.15, -0.1) is 22.7 Å². The highest BCUT2D eigenvalue weighted by Gasteiger charge is 2.25. The molecule has 0 spiro atoms. The second-order valence-electron chi connectivity index (χ2n) is 5.91. The van der Waals surface area contributed by atoms with Crippen LogP contribution in [0.3, 0.4) is 0 Å². The molecule has 3 aromatic rings. The fourth-order valence-electron chi connectivity index (χ4n) is 2.93. The average Bonchev–Trinajstić information content (AvgIpc) is 3.36. The molecule has 0 radical (unpaired) electrons. The zero-order chi connectivity index (χ0) is 18.8. The molecule has 1 aliphatic heterocycles. The highest BCUT2D eigenvalue weighted by atomic mass is 35.5. The number of halogens is 1. The topological polar surface area (TPSA) is 73.1 Å². The predicted molar refractivity (Wildman–Crippen MR) is 108 cm³/mol. The number of carbonyl (C=O) groups excluding carboxylic acids is 1. The summed E-state index contributed by atoms with van der Waals surface area (Å²) in [4.78, 5) is 26.4. The van der Waals surface area contributed by atoms with E-state index in [0.29, 0.717) is 47.6 Å². The molecule has 1 fully saturated rings. The van der Waals surface area contributed by atoms with Crippen LogP contribution >= 0.6 is 34.3 Å². The molecule has 4 rings (SSSR count). The number of aromatic nitrogens is 2. The van der Waals surface area contributed by atoms with Crippen LogP contribution in [-0.4, -0.2) is 47.0 Å².